The number of hydrogen-bond donors (Lipinski definition) is 2. The SMILES string of the molecule is Cc1ccc(Oc2ccnc(C(=O)N[C@H]3CCc4ccc(C#CC(C)(C)O)cc4N(C)C3=O)c2)cn1. The number of hydrogen-bond acceptors (Lipinski definition) is 6. The maximum atomic E-state index is 13.2. The lowest BCUT2D eigenvalue weighted by Gasteiger charge is -2.22. The van der Waals surface area contributed by atoms with Crippen LogP contribution in [0.25, 0.3) is 0 Å². The summed E-state index contributed by atoms with van der Waals surface area (Å²) in [6, 6.07) is 11.7. The summed E-state index contributed by atoms with van der Waals surface area (Å²) < 4.78 is 5.78. The molecule has 1 aromatic carbocycles. The third-order valence-electron chi connectivity index (χ3n) is 5.68. The molecule has 0 unspecified atom stereocenters. The molecule has 8 nitrogen and oxygen atoms in total. The molecule has 2 aromatic heterocycles. The number of pyridine rings is 2. The van der Waals surface area contributed by atoms with Crippen molar-refractivity contribution in [2.75, 3.05) is 11.9 Å². The summed E-state index contributed by atoms with van der Waals surface area (Å²) >= 11 is 0. The highest BCUT2D eigenvalue weighted by molar-refractivity contribution is 6.02. The van der Waals surface area contributed by atoms with Crippen molar-refractivity contribution in [1.29, 1.82) is 0 Å². The summed E-state index contributed by atoms with van der Waals surface area (Å²) in [6.45, 7) is 5.11. The Labute approximate surface area is 210 Å². The van der Waals surface area contributed by atoms with Gasteiger partial charge in [0.15, 0.2) is 0 Å². The number of carbonyl (C=O) groups is 2. The van der Waals surface area contributed by atoms with E-state index in [0.717, 1.165) is 16.9 Å². The number of fused-ring (bicyclic) bond motifs is 1. The second kappa shape index (κ2) is 10.2. The molecule has 8 heteroatoms. The van der Waals surface area contributed by atoms with Crippen LogP contribution in [-0.2, 0) is 11.2 Å². The van der Waals surface area contributed by atoms with Gasteiger partial charge in [0.1, 0.15) is 28.8 Å². The fourth-order valence-electron chi connectivity index (χ4n) is 3.78. The van der Waals surface area contributed by atoms with Gasteiger partial charge in [0.25, 0.3) is 5.91 Å². The fraction of sp³-hybridized carbons (Fsp3) is 0.286. The van der Waals surface area contributed by atoms with Crippen LogP contribution in [0.4, 0.5) is 5.69 Å². The van der Waals surface area contributed by atoms with E-state index in [1.807, 2.05) is 31.2 Å². The van der Waals surface area contributed by atoms with Crippen LogP contribution in [0.15, 0.2) is 54.9 Å². The Hall–Kier alpha value is -4.22. The maximum Gasteiger partial charge on any atom is 0.270 e. The molecular weight excluding hydrogens is 456 g/mol. The summed E-state index contributed by atoms with van der Waals surface area (Å²) in [7, 11) is 1.68. The molecule has 0 saturated carbocycles. The molecule has 0 aliphatic carbocycles. The molecule has 36 heavy (non-hydrogen) atoms. The van der Waals surface area contributed by atoms with Gasteiger partial charge in [-0.15, -0.1) is 0 Å². The molecule has 4 rings (SSSR count). The number of benzene rings is 1. The standard InChI is InChI=1S/C28H28N4O4/c1-18-5-9-22(17-30-18)36-21-12-14-29-24(16-21)26(33)31-23-10-8-20-7-6-19(11-13-28(2,3)35)15-25(20)32(4)27(23)34/h5-7,9,12,14-17,23,35H,8,10H2,1-4H3,(H,31,33)/t23-/m0/s1. The average Bonchev–Trinajstić information content (AvgIpc) is 2.96. The van der Waals surface area contributed by atoms with E-state index < -0.39 is 17.6 Å². The molecular formula is C28H28N4O4. The van der Waals surface area contributed by atoms with Gasteiger partial charge in [-0.05, 0) is 69.5 Å². The summed E-state index contributed by atoms with van der Waals surface area (Å²) in [5, 5.41) is 12.7. The van der Waals surface area contributed by atoms with E-state index in [0.29, 0.717) is 29.9 Å². The van der Waals surface area contributed by atoms with Crippen molar-refractivity contribution in [3.8, 4) is 23.3 Å². The van der Waals surface area contributed by atoms with Gasteiger partial charge in [-0.2, -0.15) is 0 Å². The Morgan fingerprint density at radius 2 is 1.97 bits per heavy atom. The number of nitrogens with zero attached hydrogens (tertiary/aromatic N) is 3. The predicted molar refractivity (Wildman–Crippen MR) is 136 cm³/mol. The van der Waals surface area contributed by atoms with Crippen LogP contribution in [-0.4, -0.2) is 45.6 Å². The zero-order valence-electron chi connectivity index (χ0n) is 20.7. The minimum Gasteiger partial charge on any atom is -0.456 e. The molecule has 3 heterocycles. The highest BCUT2D eigenvalue weighted by Crippen LogP contribution is 2.28. The van der Waals surface area contributed by atoms with E-state index in [9.17, 15) is 14.7 Å². The Balaban J connectivity index is 1.48. The molecule has 0 fully saturated rings. The van der Waals surface area contributed by atoms with Gasteiger partial charge in [-0.3, -0.25) is 19.6 Å². The first-order valence-corrected chi connectivity index (χ1v) is 11.6. The minimum atomic E-state index is -1.11. The number of likely N-dealkylation sites (N-methyl/N-ethyl adjacent to an activating group) is 1. The molecule has 2 amide bonds. The first-order chi connectivity index (χ1) is 17.1. The summed E-state index contributed by atoms with van der Waals surface area (Å²) in [5.41, 5.74) is 2.32. The number of aromatic nitrogens is 2. The lowest BCUT2D eigenvalue weighted by atomic mass is 10.0. The Bertz CT molecular complexity index is 1350. The van der Waals surface area contributed by atoms with Gasteiger partial charge >= 0.3 is 0 Å². The first kappa shape index (κ1) is 24.9. The van der Waals surface area contributed by atoms with Crippen LogP contribution in [0.5, 0.6) is 11.5 Å². The van der Waals surface area contributed by atoms with Crippen molar-refractivity contribution in [3.63, 3.8) is 0 Å². The number of anilines is 1. The van der Waals surface area contributed by atoms with Crippen LogP contribution in [0.2, 0.25) is 0 Å². The highest BCUT2D eigenvalue weighted by atomic mass is 16.5. The van der Waals surface area contributed by atoms with Crippen LogP contribution < -0.4 is 15.0 Å². The fourth-order valence-corrected chi connectivity index (χ4v) is 3.78. The Morgan fingerprint density at radius 3 is 2.69 bits per heavy atom. The van der Waals surface area contributed by atoms with Gasteiger partial charge in [-0.25, -0.2) is 0 Å². The molecule has 3 aromatic rings. The molecule has 1 aliphatic heterocycles. The van der Waals surface area contributed by atoms with Crippen LogP contribution >= 0.6 is 0 Å². The monoisotopic (exact) mass is 484 g/mol. The molecule has 0 bridgehead atoms. The average molecular weight is 485 g/mol. The van der Waals surface area contributed by atoms with Crippen molar-refractivity contribution in [2.24, 2.45) is 0 Å². The number of carbonyl (C=O) groups excluding carboxylic acids is 2. The second-order valence-corrected chi connectivity index (χ2v) is 9.23. The molecule has 0 radical (unpaired) electrons. The summed E-state index contributed by atoms with van der Waals surface area (Å²) in [6.07, 6.45) is 4.14. The van der Waals surface area contributed by atoms with Crippen molar-refractivity contribution >= 4 is 17.5 Å². The Kier molecular flexibility index (Phi) is 7.04. The zero-order valence-corrected chi connectivity index (χ0v) is 20.7. The van der Waals surface area contributed by atoms with Crippen molar-refractivity contribution in [2.45, 2.75) is 45.3 Å². The quantitative estimate of drug-likeness (QED) is 0.550. The zero-order chi connectivity index (χ0) is 25.9. The van der Waals surface area contributed by atoms with Gasteiger partial charge in [0.2, 0.25) is 5.91 Å². The van der Waals surface area contributed by atoms with E-state index in [4.69, 9.17) is 4.74 Å². The number of amides is 2. The summed E-state index contributed by atoms with van der Waals surface area (Å²) in [4.78, 5) is 36.1. The number of aryl methyl sites for hydroxylation is 2. The first-order valence-electron chi connectivity index (χ1n) is 11.6. The van der Waals surface area contributed by atoms with E-state index in [1.54, 1.807) is 44.1 Å². The maximum absolute atomic E-state index is 13.2. The number of nitrogens with one attached hydrogen (secondary N) is 1. The predicted octanol–water partition coefficient (Wildman–Crippen LogP) is 3.41. The molecule has 0 saturated heterocycles. The topological polar surface area (TPSA) is 105 Å². The van der Waals surface area contributed by atoms with Crippen molar-refractivity contribution < 1.29 is 19.4 Å². The molecule has 2 N–H and O–H groups in total. The van der Waals surface area contributed by atoms with Gasteiger partial charge < -0.3 is 20.1 Å². The highest BCUT2D eigenvalue weighted by Gasteiger charge is 2.30. The minimum absolute atomic E-state index is 0.147. The molecule has 184 valence electrons. The summed E-state index contributed by atoms with van der Waals surface area (Å²) in [5.74, 6) is 6.03. The van der Waals surface area contributed by atoms with E-state index in [-0.39, 0.29) is 11.6 Å². The lowest BCUT2D eigenvalue weighted by Crippen LogP contribution is -2.46. The van der Waals surface area contributed by atoms with Crippen LogP contribution in [0.3, 0.4) is 0 Å². The van der Waals surface area contributed by atoms with Crippen LogP contribution in [0.1, 0.15) is 47.6 Å². The largest absolute Gasteiger partial charge is 0.456 e. The normalized spacial score (nSPS) is 15.3. The van der Waals surface area contributed by atoms with Crippen LogP contribution in [0, 0.1) is 18.8 Å². The van der Waals surface area contributed by atoms with Crippen molar-refractivity contribution in [1.82, 2.24) is 15.3 Å². The van der Waals surface area contributed by atoms with E-state index >= 15 is 0 Å². The number of ether oxygens (including phenoxy) is 1. The number of aliphatic hydroxyl groups is 1. The smallest absolute Gasteiger partial charge is 0.270 e. The van der Waals surface area contributed by atoms with Gasteiger partial charge in [0, 0.05) is 36.3 Å². The third kappa shape index (κ3) is 6.06. The number of rotatable bonds is 4. The van der Waals surface area contributed by atoms with Gasteiger partial charge in [-0.1, -0.05) is 17.9 Å². The molecule has 1 atom stereocenters. The van der Waals surface area contributed by atoms with E-state index in [1.165, 1.54) is 12.3 Å². The second-order valence-electron chi connectivity index (χ2n) is 9.23. The third-order valence-corrected chi connectivity index (χ3v) is 5.68. The van der Waals surface area contributed by atoms with Gasteiger partial charge in [0.05, 0.1) is 6.20 Å². The molecule has 0 spiro atoms. The Morgan fingerprint density at radius 1 is 1.17 bits per heavy atom. The van der Waals surface area contributed by atoms with E-state index in [2.05, 4.69) is 27.1 Å². The lowest BCUT2D eigenvalue weighted by molar-refractivity contribution is -0.120. The van der Waals surface area contributed by atoms with Crippen molar-refractivity contribution in [3.05, 3.63) is 77.4 Å². The molecule has 1 aliphatic rings.